The van der Waals surface area contributed by atoms with Crippen LogP contribution in [0, 0.1) is 0 Å². The maximum atomic E-state index is 4.25. The third kappa shape index (κ3) is 1.71. The van der Waals surface area contributed by atoms with Crippen LogP contribution in [0.15, 0.2) is 0 Å². The zero-order valence-electron chi connectivity index (χ0n) is 5.30. The van der Waals surface area contributed by atoms with Crippen LogP contribution in [0.3, 0.4) is 0 Å². The van der Waals surface area contributed by atoms with Gasteiger partial charge in [0.2, 0.25) is 0 Å². The predicted molar refractivity (Wildman–Crippen MR) is 42.1 cm³/mol. The van der Waals surface area contributed by atoms with Gasteiger partial charge >= 0.3 is 0 Å². The quantitative estimate of drug-likeness (QED) is 0.364. The first-order valence-corrected chi connectivity index (χ1v) is 3.63. The van der Waals surface area contributed by atoms with Crippen molar-refractivity contribution in [2.75, 3.05) is 13.1 Å². The third-order valence-electron chi connectivity index (χ3n) is 1.64. The minimum atomic E-state index is 0.862. The molecule has 0 N–H and O–H groups in total. The number of piperidine rings is 1. The van der Waals surface area contributed by atoms with Gasteiger partial charge in [0.1, 0.15) is 7.85 Å². The van der Waals surface area contributed by atoms with E-state index >= 15 is 0 Å². The van der Waals surface area contributed by atoms with Crippen LogP contribution < -0.4 is 0 Å². The fraction of sp³-hybridized carbons (Fsp3) is 1.00. The Balaban J connectivity index is 2.23. The molecule has 46 valence electrons. The molecule has 1 unspecified atom stereocenters. The van der Waals surface area contributed by atoms with Crippen molar-refractivity contribution < 1.29 is 0 Å². The number of hydrogen-bond donors (Lipinski definition) is 1. The summed E-state index contributed by atoms with van der Waals surface area (Å²) in [5.41, 5.74) is 0. The Labute approximate surface area is 57.4 Å². The molecule has 1 aliphatic rings. The highest BCUT2D eigenvalue weighted by Crippen LogP contribution is 2.18. The molecule has 0 bridgehead atoms. The van der Waals surface area contributed by atoms with Gasteiger partial charge in [0.05, 0.1) is 0 Å². The summed E-state index contributed by atoms with van der Waals surface area (Å²) in [5, 5.41) is 0. The van der Waals surface area contributed by atoms with Gasteiger partial charge in [-0.3, -0.25) is 4.31 Å². The molecule has 0 spiro atoms. The Kier molecular flexibility index (Phi) is 2.26. The lowest BCUT2D eigenvalue weighted by molar-refractivity contribution is 0.385. The summed E-state index contributed by atoms with van der Waals surface area (Å²) in [6.07, 6.45) is 2.71. The van der Waals surface area contributed by atoms with Crippen LogP contribution in [0.4, 0.5) is 0 Å². The van der Waals surface area contributed by atoms with Crippen LogP contribution >= 0.6 is 12.8 Å². The number of hydrogen-bond acceptors (Lipinski definition) is 2. The monoisotopic (exact) mass is 129 g/mol. The minimum absolute atomic E-state index is 0.862. The van der Waals surface area contributed by atoms with E-state index < -0.39 is 0 Å². The van der Waals surface area contributed by atoms with E-state index in [2.05, 4.69) is 25.0 Å². The Bertz CT molecular complexity index is 70.8. The molecule has 1 saturated heterocycles. The van der Waals surface area contributed by atoms with Gasteiger partial charge in [0, 0.05) is 13.1 Å². The summed E-state index contributed by atoms with van der Waals surface area (Å²) in [6, 6.07) is 0. The fourth-order valence-corrected chi connectivity index (χ4v) is 1.58. The molecule has 1 atom stereocenters. The van der Waals surface area contributed by atoms with Gasteiger partial charge in [-0.25, -0.2) is 0 Å². The van der Waals surface area contributed by atoms with Gasteiger partial charge in [0.15, 0.2) is 0 Å². The average molecular weight is 129 g/mol. The molecule has 1 heterocycles. The number of thiol groups is 1. The van der Waals surface area contributed by atoms with Crippen molar-refractivity contribution in [3.05, 3.63) is 0 Å². The van der Waals surface area contributed by atoms with Crippen LogP contribution in [-0.2, 0) is 0 Å². The van der Waals surface area contributed by atoms with Crippen LogP contribution in [0.5, 0.6) is 0 Å². The van der Waals surface area contributed by atoms with Crippen molar-refractivity contribution in [2.24, 2.45) is 0 Å². The van der Waals surface area contributed by atoms with Gasteiger partial charge in [-0.05, 0) is 6.42 Å². The Hall–Kier alpha value is 0.375. The first-order valence-electron chi connectivity index (χ1n) is 3.23. The highest BCUT2D eigenvalue weighted by atomic mass is 32.1. The molecule has 3 heteroatoms. The zero-order chi connectivity index (χ0) is 5.98. The molecule has 1 fully saturated rings. The maximum Gasteiger partial charge on any atom is 0.107 e. The highest BCUT2D eigenvalue weighted by Gasteiger charge is 2.11. The van der Waals surface area contributed by atoms with Crippen molar-refractivity contribution in [1.82, 2.24) is 4.31 Å². The number of nitrogens with zero attached hydrogens (tertiary/aromatic N) is 1. The van der Waals surface area contributed by atoms with Crippen molar-refractivity contribution in [1.29, 1.82) is 0 Å². The molecule has 0 radical (unpaired) electrons. The molecule has 0 aromatic heterocycles. The van der Waals surface area contributed by atoms with Gasteiger partial charge in [-0.2, -0.15) is 0 Å². The largest absolute Gasteiger partial charge is 0.254 e. The summed E-state index contributed by atoms with van der Waals surface area (Å²) in [5.74, 6) is 0.862. The molecular weight excluding hydrogens is 117 g/mol. The van der Waals surface area contributed by atoms with Crippen molar-refractivity contribution in [3.63, 3.8) is 0 Å². The molecule has 8 heavy (non-hydrogen) atoms. The molecule has 0 amide bonds. The van der Waals surface area contributed by atoms with Crippen molar-refractivity contribution in [3.8, 4) is 0 Å². The molecular formula is C5H12BNS. The normalized spacial score (nSPS) is 32.9. The topological polar surface area (TPSA) is 3.24 Å². The highest BCUT2D eigenvalue weighted by molar-refractivity contribution is 7.77. The second-order valence-electron chi connectivity index (χ2n) is 2.66. The SMILES string of the molecule is BC1CCCN(S)C1. The van der Waals surface area contributed by atoms with Crippen LogP contribution in [-0.4, -0.2) is 25.2 Å². The van der Waals surface area contributed by atoms with Crippen LogP contribution in [0.1, 0.15) is 12.8 Å². The van der Waals surface area contributed by atoms with E-state index in [1.165, 1.54) is 25.9 Å². The summed E-state index contributed by atoms with van der Waals surface area (Å²) in [4.78, 5) is 0. The smallest absolute Gasteiger partial charge is 0.107 e. The second kappa shape index (κ2) is 2.78. The lowest BCUT2D eigenvalue weighted by atomic mass is 9.82. The molecule has 1 aliphatic heterocycles. The standard InChI is InChI=1S/C5H12BNS/c6-5-2-1-3-7(8)4-5/h5,8H,1-4,6H2. The molecule has 1 nitrogen and oxygen atoms in total. The summed E-state index contributed by atoms with van der Waals surface area (Å²) in [7, 11) is 2.28. The fourth-order valence-electron chi connectivity index (χ4n) is 1.16. The van der Waals surface area contributed by atoms with Crippen LogP contribution in [0.25, 0.3) is 0 Å². The number of rotatable bonds is 0. The van der Waals surface area contributed by atoms with E-state index in [0.29, 0.717) is 0 Å². The van der Waals surface area contributed by atoms with Crippen LogP contribution in [0.2, 0.25) is 5.82 Å². The first-order chi connectivity index (χ1) is 3.79. The molecule has 1 rings (SSSR count). The maximum absolute atomic E-state index is 4.25. The van der Waals surface area contributed by atoms with E-state index in [1.54, 1.807) is 0 Å². The van der Waals surface area contributed by atoms with E-state index in [1.807, 2.05) is 0 Å². The lowest BCUT2D eigenvalue weighted by Gasteiger charge is -2.25. The van der Waals surface area contributed by atoms with Crippen molar-refractivity contribution >= 4 is 20.7 Å². The molecule has 0 saturated carbocycles. The Morgan fingerprint density at radius 1 is 1.62 bits per heavy atom. The van der Waals surface area contributed by atoms with E-state index in [9.17, 15) is 0 Å². The van der Waals surface area contributed by atoms with Gasteiger partial charge < -0.3 is 0 Å². The van der Waals surface area contributed by atoms with Gasteiger partial charge in [-0.1, -0.05) is 25.1 Å². The van der Waals surface area contributed by atoms with E-state index in [-0.39, 0.29) is 0 Å². The van der Waals surface area contributed by atoms with Gasteiger partial charge in [-0.15, -0.1) is 0 Å². The zero-order valence-corrected chi connectivity index (χ0v) is 6.19. The summed E-state index contributed by atoms with van der Waals surface area (Å²) >= 11 is 4.25. The molecule has 0 aromatic carbocycles. The summed E-state index contributed by atoms with van der Waals surface area (Å²) in [6.45, 7) is 2.34. The van der Waals surface area contributed by atoms with E-state index in [4.69, 9.17) is 0 Å². The Morgan fingerprint density at radius 3 is 2.75 bits per heavy atom. The van der Waals surface area contributed by atoms with E-state index in [0.717, 1.165) is 5.82 Å². The lowest BCUT2D eigenvalue weighted by Crippen LogP contribution is -2.24. The average Bonchev–Trinajstić information content (AvgIpc) is 1.64. The predicted octanol–water partition coefficient (Wildman–Crippen LogP) is 0.349. The van der Waals surface area contributed by atoms with Crippen molar-refractivity contribution in [2.45, 2.75) is 18.7 Å². The first kappa shape index (κ1) is 6.49. The molecule has 0 aromatic rings. The Morgan fingerprint density at radius 2 is 2.38 bits per heavy atom. The minimum Gasteiger partial charge on any atom is -0.254 e. The molecule has 0 aliphatic carbocycles. The van der Waals surface area contributed by atoms with Gasteiger partial charge in [0.25, 0.3) is 0 Å². The second-order valence-corrected chi connectivity index (χ2v) is 3.23. The summed E-state index contributed by atoms with van der Waals surface area (Å²) < 4.78 is 2.11. The third-order valence-corrected chi connectivity index (χ3v) is 2.00.